The fourth-order valence-electron chi connectivity index (χ4n) is 2.58. The number of carbonyl (C=O) groups is 4. The second kappa shape index (κ2) is 21.6. The monoisotopic (exact) mass is 626 g/mol. The molecule has 0 saturated heterocycles. The Labute approximate surface area is 255 Å². The van der Waals surface area contributed by atoms with Gasteiger partial charge in [-0.05, 0) is 59.7 Å². The molecule has 0 spiro atoms. The number of amides is 2. The number of carbonyl (C=O) groups excluding carboxylic acids is 4. The van der Waals surface area contributed by atoms with Crippen molar-refractivity contribution in [1.29, 1.82) is 0 Å². The number of aromatic nitrogens is 2. The van der Waals surface area contributed by atoms with Crippen LogP contribution in [-0.2, 0) is 19.5 Å². The number of pyridine rings is 2. The first kappa shape index (κ1) is 38.9. The number of rotatable bonds is 6. The average molecular weight is 628 g/mol. The summed E-state index contributed by atoms with van der Waals surface area (Å²) in [5, 5.41) is 26.3. The van der Waals surface area contributed by atoms with Crippen molar-refractivity contribution < 1.29 is 54.3 Å². The fourth-order valence-corrected chi connectivity index (χ4v) is 2.58. The predicted molar refractivity (Wildman–Crippen MR) is 150 cm³/mol. The molecule has 8 N–H and O–H groups in total. The molecule has 0 aliphatic heterocycles. The Morgan fingerprint density at radius 1 is 0.548 bits per heavy atom. The Hall–Kier alpha value is -5.20. The number of carboxylic acid groups (broad SMARTS) is 2. The van der Waals surface area contributed by atoms with Crippen LogP contribution in [0.3, 0.4) is 0 Å². The maximum absolute atomic E-state index is 10.4. The number of benzene rings is 2. The SMILES string of the molecule is CNc1ccc(C(=O)[O-])cc1.CNc1ccc(C(=O)[O-])cc1.NC(=O)c1ccncc1.NC(=O)c1ccncc1.O.[Zn+2]. The van der Waals surface area contributed by atoms with Crippen molar-refractivity contribution in [3.8, 4) is 0 Å². The third-order valence-electron chi connectivity index (χ3n) is 4.75. The summed E-state index contributed by atoms with van der Waals surface area (Å²) in [5.41, 5.74) is 13.0. The van der Waals surface area contributed by atoms with Crippen molar-refractivity contribution in [2.45, 2.75) is 0 Å². The molecule has 4 aromatic rings. The van der Waals surface area contributed by atoms with Crippen molar-refractivity contribution in [2.75, 3.05) is 24.7 Å². The van der Waals surface area contributed by atoms with Crippen LogP contribution in [0.4, 0.5) is 11.4 Å². The van der Waals surface area contributed by atoms with Gasteiger partial charge in [0.05, 0.1) is 11.9 Å². The molecule has 0 radical (unpaired) electrons. The average Bonchev–Trinajstić information content (AvgIpc) is 2.99. The first-order valence-electron chi connectivity index (χ1n) is 11.5. The Kier molecular flexibility index (Phi) is 20.0. The van der Waals surface area contributed by atoms with Gasteiger partial charge in [-0.15, -0.1) is 0 Å². The third-order valence-corrected chi connectivity index (χ3v) is 4.75. The van der Waals surface area contributed by atoms with E-state index in [1.165, 1.54) is 49.1 Å². The van der Waals surface area contributed by atoms with Crippen LogP contribution in [-0.4, -0.2) is 53.3 Å². The Morgan fingerprint density at radius 3 is 0.976 bits per heavy atom. The van der Waals surface area contributed by atoms with E-state index in [0.29, 0.717) is 11.1 Å². The minimum absolute atomic E-state index is 0. The number of primary amides is 2. The molecule has 2 aromatic heterocycles. The van der Waals surface area contributed by atoms with Gasteiger partial charge >= 0.3 is 19.5 Å². The van der Waals surface area contributed by atoms with E-state index < -0.39 is 23.8 Å². The fraction of sp³-hybridized carbons (Fsp3) is 0.0714. The summed E-state index contributed by atoms with van der Waals surface area (Å²) in [4.78, 5) is 48.8. The van der Waals surface area contributed by atoms with Gasteiger partial charge in [0.25, 0.3) is 0 Å². The van der Waals surface area contributed by atoms with Crippen molar-refractivity contribution in [3.63, 3.8) is 0 Å². The second-order valence-corrected chi connectivity index (χ2v) is 7.43. The van der Waals surface area contributed by atoms with Gasteiger partial charge < -0.3 is 47.4 Å². The van der Waals surface area contributed by atoms with Crippen LogP contribution < -0.4 is 32.3 Å². The van der Waals surface area contributed by atoms with Crippen LogP contribution in [0.5, 0.6) is 0 Å². The third kappa shape index (κ3) is 15.4. The number of carboxylic acids is 2. The second-order valence-electron chi connectivity index (χ2n) is 7.43. The van der Waals surface area contributed by atoms with E-state index in [2.05, 4.69) is 20.6 Å². The van der Waals surface area contributed by atoms with E-state index in [9.17, 15) is 29.4 Å². The summed E-state index contributed by atoms with van der Waals surface area (Å²) < 4.78 is 0. The van der Waals surface area contributed by atoms with Gasteiger partial charge in [0.2, 0.25) is 11.8 Å². The van der Waals surface area contributed by atoms with Crippen molar-refractivity contribution in [3.05, 3.63) is 120 Å². The molecular weight excluding hydrogens is 598 g/mol. The Balaban J connectivity index is 0. The van der Waals surface area contributed by atoms with Gasteiger partial charge in [0.1, 0.15) is 0 Å². The van der Waals surface area contributed by atoms with Crippen LogP contribution in [0.25, 0.3) is 0 Å². The van der Waals surface area contributed by atoms with Gasteiger partial charge in [-0.25, -0.2) is 0 Å². The quantitative estimate of drug-likeness (QED) is 0.203. The summed E-state index contributed by atoms with van der Waals surface area (Å²) in [7, 11) is 3.54. The molecule has 0 unspecified atom stereocenters. The molecule has 2 amide bonds. The number of aromatic carboxylic acids is 2. The zero-order valence-corrected chi connectivity index (χ0v) is 25.9. The minimum Gasteiger partial charge on any atom is -0.545 e. The van der Waals surface area contributed by atoms with Gasteiger partial charge in [-0.1, -0.05) is 24.3 Å². The zero-order valence-electron chi connectivity index (χ0n) is 22.9. The maximum atomic E-state index is 10.4. The van der Waals surface area contributed by atoms with Crippen molar-refractivity contribution in [1.82, 2.24) is 9.97 Å². The topological polar surface area (TPSA) is 248 Å². The first-order chi connectivity index (χ1) is 19.1. The molecule has 42 heavy (non-hydrogen) atoms. The molecule has 2 aromatic carbocycles. The van der Waals surface area contributed by atoms with Crippen LogP contribution in [0, 0.1) is 0 Å². The van der Waals surface area contributed by atoms with Gasteiger partial charge in [0.15, 0.2) is 0 Å². The molecule has 4 rings (SSSR count). The number of anilines is 2. The molecule has 13 nitrogen and oxygen atoms in total. The van der Waals surface area contributed by atoms with Crippen molar-refractivity contribution in [2.24, 2.45) is 11.5 Å². The number of hydrogen-bond acceptors (Lipinski definition) is 10. The molecule has 0 saturated carbocycles. The number of nitrogens with one attached hydrogen (secondary N) is 2. The van der Waals surface area contributed by atoms with Gasteiger partial charge in [-0.2, -0.15) is 0 Å². The maximum Gasteiger partial charge on any atom is 2.00 e. The molecule has 14 heteroatoms. The molecule has 0 aliphatic carbocycles. The molecule has 216 valence electrons. The minimum atomic E-state index is -1.15. The molecule has 0 fully saturated rings. The standard InChI is InChI=1S/2C8H9NO2.2C6H6N2O.H2O.Zn/c2*1-9-7-4-2-6(3-5-7)8(10)11;2*7-6(9)5-1-3-8-4-2-5;;/h2*2-5,9H,1H3,(H,10,11);2*1-4H,(H2,7,9);1H2;/q;;;;;+2/p-2. The molecule has 2 heterocycles. The van der Waals surface area contributed by atoms with E-state index in [1.54, 1.807) is 62.6 Å². The van der Waals surface area contributed by atoms with Crippen LogP contribution in [0.2, 0.25) is 0 Å². The summed E-state index contributed by atoms with van der Waals surface area (Å²) in [6.07, 6.45) is 6.11. The number of nitrogens with zero attached hydrogens (tertiary/aromatic N) is 2. The largest absolute Gasteiger partial charge is 2.00 e. The van der Waals surface area contributed by atoms with E-state index in [-0.39, 0.29) is 36.1 Å². The molecule has 0 atom stereocenters. The van der Waals surface area contributed by atoms with Crippen molar-refractivity contribution >= 4 is 35.1 Å². The molecular formula is C28H30N6O7Zn. The Morgan fingerprint density at radius 2 is 0.810 bits per heavy atom. The van der Waals surface area contributed by atoms with E-state index in [1.807, 2.05) is 0 Å². The van der Waals surface area contributed by atoms with Crippen LogP contribution in [0.1, 0.15) is 41.4 Å². The van der Waals surface area contributed by atoms with E-state index >= 15 is 0 Å². The summed E-state index contributed by atoms with van der Waals surface area (Å²) in [6, 6.07) is 19.0. The number of hydrogen-bond donors (Lipinski definition) is 4. The predicted octanol–water partition coefficient (Wildman–Crippen LogP) is -0.283. The van der Waals surface area contributed by atoms with Crippen LogP contribution in [0.15, 0.2) is 97.6 Å². The van der Waals surface area contributed by atoms with Gasteiger partial charge in [0, 0.05) is 61.4 Å². The van der Waals surface area contributed by atoms with Gasteiger partial charge in [-0.3, -0.25) is 19.6 Å². The van der Waals surface area contributed by atoms with Crippen LogP contribution >= 0.6 is 0 Å². The van der Waals surface area contributed by atoms with E-state index in [0.717, 1.165) is 11.4 Å². The molecule has 0 aliphatic rings. The zero-order chi connectivity index (χ0) is 29.9. The summed E-state index contributed by atoms with van der Waals surface area (Å²) in [6.45, 7) is 0. The van der Waals surface area contributed by atoms with E-state index in [4.69, 9.17) is 11.5 Å². The first-order valence-corrected chi connectivity index (χ1v) is 11.5. The summed E-state index contributed by atoms with van der Waals surface area (Å²) in [5.74, 6) is -3.13. The summed E-state index contributed by atoms with van der Waals surface area (Å²) >= 11 is 0. The number of nitrogens with two attached hydrogens (primary N) is 2. The Bertz CT molecular complexity index is 1250. The normalized spacial score (nSPS) is 8.62. The smallest absolute Gasteiger partial charge is 0.545 e. The molecule has 0 bridgehead atoms.